The molecule has 0 fully saturated rings. The van der Waals surface area contributed by atoms with E-state index in [2.05, 4.69) is 15.0 Å². The number of benzene rings is 1. The number of anilines is 2. The van der Waals surface area contributed by atoms with Crippen LogP contribution < -0.4 is 10.2 Å². The fourth-order valence-corrected chi connectivity index (χ4v) is 1.84. The second-order valence-corrected chi connectivity index (χ2v) is 4.84. The van der Waals surface area contributed by atoms with Gasteiger partial charge in [-0.2, -0.15) is 0 Å². The average Bonchev–Trinajstić information content (AvgIpc) is 2.53. The molecule has 2 aromatic rings. The summed E-state index contributed by atoms with van der Waals surface area (Å²) in [6, 6.07) is 11.3. The molecule has 21 heavy (non-hydrogen) atoms. The number of hydrogen-bond acceptors (Lipinski definition) is 5. The Morgan fingerprint density at radius 2 is 1.90 bits per heavy atom. The number of methoxy groups -OCH3 is 1. The van der Waals surface area contributed by atoms with Crippen molar-refractivity contribution in [1.29, 1.82) is 0 Å². The van der Waals surface area contributed by atoms with Crippen molar-refractivity contribution in [2.24, 2.45) is 0 Å². The highest BCUT2D eigenvalue weighted by atomic mass is 16.5. The lowest BCUT2D eigenvalue weighted by Crippen LogP contribution is -2.10. The molecule has 0 aliphatic heterocycles. The second kappa shape index (κ2) is 6.74. The first-order valence-corrected chi connectivity index (χ1v) is 6.64. The average molecular weight is 285 g/mol. The molecular formula is C16H19N3O2. The maximum Gasteiger partial charge on any atom is 0.337 e. The fraction of sp³-hybridized carbons (Fsp3) is 0.250. The lowest BCUT2D eigenvalue weighted by Gasteiger charge is -2.12. The van der Waals surface area contributed by atoms with Crippen LogP contribution >= 0.6 is 0 Å². The Labute approximate surface area is 124 Å². The van der Waals surface area contributed by atoms with E-state index in [0.717, 1.165) is 17.1 Å². The van der Waals surface area contributed by atoms with Crippen molar-refractivity contribution in [3.05, 3.63) is 53.7 Å². The van der Waals surface area contributed by atoms with Crippen LogP contribution in [-0.2, 0) is 11.3 Å². The zero-order chi connectivity index (χ0) is 15.2. The first-order chi connectivity index (χ1) is 10.1. The molecule has 1 N–H and O–H groups in total. The van der Waals surface area contributed by atoms with Gasteiger partial charge in [-0.1, -0.05) is 12.1 Å². The van der Waals surface area contributed by atoms with Crippen molar-refractivity contribution in [2.45, 2.75) is 6.54 Å². The van der Waals surface area contributed by atoms with E-state index in [1.165, 1.54) is 7.11 Å². The van der Waals surface area contributed by atoms with Gasteiger partial charge in [0.25, 0.3) is 0 Å². The van der Waals surface area contributed by atoms with E-state index < -0.39 is 0 Å². The van der Waals surface area contributed by atoms with Crippen molar-refractivity contribution < 1.29 is 9.53 Å². The highest BCUT2D eigenvalue weighted by Gasteiger charge is 2.04. The Kier molecular flexibility index (Phi) is 4.77. The topological polar surface area (TPSA) is 54.5 Å². The van der Waals surface area contributed by atoms with Gasteiger partial charge in [0.1, 0.15) is 5.82 Å². The SMILES string of the molecule is COC(=O)c1ccc(CNc2ccc(N(C)C)nc2)cc1. The molecule has 0 bridgehead atoms. The summed E-state index contributed by atoms with van der Waals surface area (Å²) >= 11 is 0. The molecular weight excluding hydrogens is 266 g/mol. The van der Waals surface area contributed by atoms with Crippen LogP contribution in [0.3, 0.4) is 0 Å². The lowest BCUT2D eigenvalue weighted by molar-refractivity contribution is 0.0600. The number of hydrogen-bond donors (Lipinski definition) is 1. The van der Waals surface area contributed by atoms with Crippen LogP contribution in [-0.4, -0.2) is 32.2 Å². The summed E-state index contributed by atoms with van der Waals surface area (Å²) in [6.45, 7) is 0.671. The predicted octanol–water partition coefficient (Wildman–Crippen LogP) is 2.55. The number of nitrogens with zero attached hydrogens (tertiary/aromatic N) is 2. The smallest absolute Gasteiger partial charge is 0.337 e. The van der Waals surface area contributed by atoms with Crippen molar-refractivity contribution in [3.8, 4) is 0 Å². The van der Waals surface area contributed by atoms with E-state index in [9.17, 15) is 4.79 Å². The summed E-state index contributed by atoms with van der Waals surface area (Å²) in [5, 5.41) is 3.29. The second-order valence-electron chi connectivity index (χ2n) is 4.84. The summed E-state index contributed by atoms with van der Waals surface area (Å²) < 4.78 is 4.67. The number of rotatable bonds is 5. The normalized spacial score (nSPS) is 10.0. The third kappa shape index (κ3) is 3.95. The first kappa shape index (κ1) is 14.8. The van der Waals surface area contributed by atoms with E-state index >= 15 is 0 Å². The van der Waals surface area contributed by atoms with Gasteiger partial charge in [0.05, 0.1) is 24.6 Å². The lowest BCUT2D eigenvalue weighted by atomic mass is 10.1. The largest absolute Gasteiger partial charge is 0.465 e. The van der Waals surface area contributed by atoms with E-state index in [0.29, 0.717) is 12.1 Å². The first-order valence-electron chi connectivity index (χ1n) is 6.64. The Morgan fingerprint density at radius 1 is 1.19 bits per heavy atom. The molecule has 5 heteroatoms. The number of pyridine rings is 1. The summed E-state index contributed by atoms with van der Waals surface area (Å²) in [5.74, 6) is 0.598. The van der Waals surface area contributed by atoms with E-state index in [1.807, 2.05) is 43.3 Å². The molecule has 0 aliphatic carbocycles. The number of ether oxygens (including phenoxy) is 1. The molecule has 2 rings (SSSR count). The Morgan fingerprint density at radius 3 is 2.43 bits per heavy atom. The van der Waals surface area contributed by atoms with Gasteiger partial charge in [-0.15, -0.1) is 0 Å². The predicted molar refractivity (Wildman–Crippen MR) is 83.7 cm³/mol. The number of carbonyl (C=O) groups excluding carboxylic acids is 1. The van der Waals surface area contributed by atoms with Gasteiger partial charge in [0.15, 0.2) is 0 Å². The van der Waals surface area contributed by atoms with Crippen molar-refractivity contribution in [3.63, 3.8) is 0 Å². The molecule has 110 valence electrons. The van der Waals surface area contributed by atoms with Gasteiger partial charge in [0.2, 0.25) is 0 Å². The van der Waals surface area contributed by atoms with Gasteiger partial charge >= 0.3 is 5.97 Å². The third-order valence-corrected chi connectivity index (χ3v) is 3.08. The molecule has 1 aromatic carbocycles. The third-order valence-electron chi connectivity index (χ3n) is 3.08. The maximum atomic E-state index is 11.3. The van der Waals surface area contributed by atoms with Gasteiger partial charge in [-0.25, -0.2) is 9.78 Å². The van der Waals surface area contributed by atoms with E-state index in [1.54, 1.807) is 18.3 Å². The van der Waals surface area contributed by atoms with Crippen LogP contribution in [0.25, 0.3) is 0 Å². The summed E-state index contributed by atoms with van der Waals surface area (Å²) in [5.41, 5.74) is 2.59. The minimum atomic E-state index is -0.321. The molecule has 0 spiro atoms. The molecule has 1 aromatic heterocycles. The minimum Gasteiger partial charge on any atom is -0.465 e. The van der Waals surface area contributed by atoms with Crippen LogP contribution in [0.4, 0.5) is 11.5 Å². The monoisotopic (exact) mass is 285 g/mol. The van der Waals surface area contributed by atoms with Gasteiger partial charge in [0, 0.05) is 20.6 Å². The highest BCUT2D eigenvalue weighted by molar-refractivity contribution is 5.89. The van der Waals surface area contributed by atoms with Crippen molar-refractivity contribution in [1.82, 2.24) is 4.98 Å². The molecule has 0 unspecified atom stereocenters. The Hall–Kier alpha value is -2.56. The summed E-state index contributed by atoms with van der Waals surface area (Å²) in [6.07, 6.45) is 1.80. The van der Waals surface area contributed by atoms with Crippen molar-refractivity contribution in [2.75, 3.05) is 31.4 Å². The maximum absolute atomic E-state index is 11.3. The molecule has 0 aliphatic rings. The van der Waals surface area contributed by atoms with Gasteiger partial charge < -0.3 is 15.0 Å². The molecule has 0 amide bonds. The van der Waals surface area contributed by atoms with E-state index in [-0.39, 0.29) is 5.97 Å². The fourth-order valence-electron chi connectivity index (χ4n) is 1.84. The van der Waals surface area contributed by atoms with Gasteiger partial charge in [-0.05, 0) is 29.8 Å². The molecule has 0 saturated carbocycles. The summed E-state index contributed by atoms with van der Waals surface area (Å²) in [7, 11) is 5.29. The highest BCUT2D eigenvalue weighted by Crippen LogP contribution is 2.13. The van der Waals surface area contributed by atoms with Crippen molar-refractivity contribution >= 4 is 17.5 Å². The molecule has 0 saturated heterocycles. The number of aromatic nitrogens is 1. The van der Waals surface area contributed by atoms with Crippen LogP contribution in [0.2, 0.25) is 0 Å². The Balaban J connectivity index is 1.95. The number of nitrogens with one attached hydrogen (secondary N) is 1. The molecule has 5 nitrogen and oxygen atoms in total. The molecule has 0 radical (unpaired) electrons. The van der Waals surface area contributed by atoms with Crippen LogP contribution in [0.5, 0.6) is 0 Å². The standard InChI is InChI=1S/C16H19N3O2/c1-19(2)15-9-8-14(11-18-15)17-10-12-4-6-13(7-5-12)16(20)21-3/h4-9,11,17H,10H2,1-3H3. The number of esters is 1. The van der Waals surface area contributed by atoms with Gasteiger partial charge in [-0.3, -0.25) is 0 Å². The minimum absolute atomic E-state index is 0.321. The zero-order valence-corrected chi connectivity index (χ0v) is 12.5. The summed E-state index contributed by atoms with van der Waals surface area (Å²) in [4.78, 5) is 17.6. The quantitative estimate of drug-likeness (QED) is 0.856. The zero-order valence-electron chi connectivity index (χ0n) is 12.5. The molecule has 0 atom stereocenters. The van der Waals surface area contributed by atoms with Crippen LogP contribution in [0, 0.1) is 0 Å². The van der Waals surface area contributed by atoms with E-state index in [4.69, 9.17) is 0 Å². The Bertz CT molecular complexity index is 592. The van der Waals surface area contributed by atoms with Crippen LogP contribution in [0.1, 0.15) is 15.9 Å². The molecule has 1 heterocycles. The number of carbonyl (C=O) groups is 1. The van der Waals surface area contributed by atoms with Crippen LogP contribution in [0.15, 0.2) is 42.6 Å².